The van der Waals surface area contributed by atoms with Crippen molar-refractivity contribution in [1.29, 1.82) is 0 Å². The van der Waals surface area contributed by atoms with Gasteiger partial charge in [0.2, 0.25) is 5.91 Å². The van der Waals surface area contributed by atoms with Crippen molar-refractivity contribution in [1.82, 2.24) is 9.80 Å². The molecule has 0 radical (unpaired) electrons. The third-order valence-electron chi connectivity index (χ3n) is 7.20. The van der Waals surface area contributed by atoms with Crippen molar-refractivity contribution in [3.05, 3.63) is 102 Å². The van der Waals surface area contributed by atoms with Gasteiger partial charge < -0.3 is 14.5 Å². The van der Waals surface area contributed by atoms with Crippen LogP contribution in [0.1, 0.15) is 36.8 Å². The van der Waals surface area contributed by atoms with E-state index in [2.05, 4.69) is 47.4 Å². The van der Waals surface area contributed by atoms with E-state index >= 15 is 0 Å². The summed E-state index contributed by atoms with van der Waals surface area (Å²) in [6.45, 7) is 4.36. The molecule has 1 heterocycles. The van der Waals surface area contributed by atoms with E-state index in [1.165, 1.54) is 5.56 Å². The molecule has 1 aliphatic rings. The molecule has 3 aromatic rings. The van der Waals surface area contributed by atoms with E-state index < -0.39 is 0 Å². The smallest absolute Gasteiger partial charge is 0.223 e. The van der Waals surface area contributed by atoms with Crippen molar-refractivity contribution in [2.24, 2.45) is 5.41 Å². The van der Waals surface area contributed by atoms with Crippen LogP contribution >= 0.6 is 0 Å². The number of carbonyl (C=O) groups is 1. The number of piperidine rings is 1. The number of hydrogen-bond acceptors (Lipinski definition) is 3. The fourth-order valence-corrected chi connectivity index (χ4v) is 4.93. The molecule has 4 rings (SSSR count). The Kier molecular flexibility index (Phi) is 8.96. The number of hydrogen-bond donors (Lipinski definition) is 0. The monoisotopic (exact) mass is 470 g/mol. The van der Waals surface area contributed by atoms with Crippen LogP contribution in [0, 0.1) is 5.41 Å². The van der Waals surface area contributed by atoms with Crippen LogP contribution in [0.2, 0.25) is 0 Å². The van der Waals surface area contributed by atoms with Gasteiger partial charge in [0, 0.05) is 25.4 Å². The van der Waals surface area contributed by atoms with Crippen LogP contribution in [-0.4, -0.2) is 49.0 Å². The molecule has 1 fully saturated rings. The van der Waals surface area contributed by atoms with Gasteiger partial charge in [-0.2, -0.15) is 0 Å². The maximum atomic E-state index is 13.3. The summed E-state index contributed by atoms with van der Waals surface area (Å²) >= 11 is 0. The first-order valence-corrected chi connectivity index (χ1v) is 12.8. The number of benzene rings is 3. The molecule has 0 saturated carbocycles. The molecule has 1 amide bonds. The predicted octanol–water partition coefficient (Wildman–Crippen LogP) is 5.83. The molecular formula is C31H38N2O2. The molecule has 0 aromatic heterocycles. The summed E-state index contributed by atoms with van der Waals surface area (Å²) in [5, 5.41) is 0. The highest BCUT2D eigenvalue weighted by Gasteiger charge is 2.38. The second kappa shape index (κ2) is 12.6. The lowest BCUT2D eigenvalue weighted by atomic mass is 9.75. The molecule has 0 bridgehead atoms. The van der Waals surface area contributed by atoms with E-state index in [9.17, 15) is 4.79 Å². The lowest BCUT2D eigenvalue weighted by Gasteiger charge is -2.42. The Morgan fingerprint density at radius 3 is 2.06 bits per heavy atom. The topological polar surface area (TPSA) is 32.8 Å². The SMILES string of the molecule is CN(Cc1ccccc1)C(=O)CC1(COc2ccccc2)CCN(CCCc2ccccc2)CC1. The van der Waals surface area contributed by atoms with Gasteiger partial charge in [-0.1, -0.05) is 78.9 Å². The zero-order valence-corrected chi connectivity index (χ0v) is 20.9. The number of aryl methyl sites for hydroxylation is 1. The summed E-state index contributed by atoms with van der Waals surface area (Å²) in [4.78, 5) is 17.7. The molecule has 184 valence electrons. The average molecular weight is 471 g/mol. The van der Waals surface area contributed by atoms with Crippen molar-refractivity contribution >= 4 is 5.91 Å². The van der Waals surface area contributed by atoms with E-state index in [0.717, 1.165) is 56.6 Å². The van der Waals surface area contributed by atoms with Gasteiger partial charge in [-0.05, 0) is 68.6 Å². The van der Waals surface area contributed by atoms with Crippen LogP contribution in [-0.2, 0) is 17.8 Å². The normalized spacial score (nSPS) is 15.5. The minimum Gasteiger partial charge on any atom is -0.493 e. The second-order valence-electron chi connectivity index (χ2n) is 9.94. The molecule has 4 nitrogen and oxygen atoms in total. The van der Waals surface area contributed by atoms with Crippen molar-refractivity contribution < 1.29 is 9.53 Å². The molecule has 0 spiro atoms. The van der Waals surface area contributed by atoms with E-state index in [4.69, 9.17) is 4.74 Å². The van der Waals surface area contributed by atoms with Crippen molar-refractivity contribution in [3.8, 4) is 5.75 Å². The van der Waals surface area contributed by atoms with Crippen LogP contribution in [0.4, 0.5) is 0 Å². The summed E-state index contributed by atoms with van der Waals surface area (Å²) in [6.07, 6.45) is 4.77. The Balaban J connectivity index is 1.34. The minimum atomic E-state index is -0.131. The third kappa shape index (κ3) is 7.69. The van der Waals surface area contributed by atoms with Gasteiger partial charge in [0.05, 0.1) is 6.61 Å². The molecule has 0 unspecified atom stereocenters. The first-order valence-electron chi connectivity index (χ1n) is 12.8. The van der Waals surface area contributed by atoms with Crippen LogP contribution in [0.25, 0.3) is 0 Å². The summed E-state index contributed by atoms with van der Waals surface area (Å²) < 4.78 is 6.23. The van der Waals surface area contributed by atoms with Gasteiger partial charge in [-0.15, -0.1) is 0 Å². The highest BCUT2D eigenvalue weighted by molar-refractivity contribution is 5.76. The molecule has 3 aromatic carbocycles. The molecule has 1 aliphatic heterocycles. The maximum absolute atomic E-state index is 13.3. The number of carbonyl (C=O) groups excluding carboxylic acids is 1. The molecule has 1 saturated heterocycles. The van der Waals surface area contributed by atoms with Gasteiger partial charge in [-0.3, -0.25) is 4.79 Å². The van der Waals surface area contributed by atoms with Gasteiger partial charge in [0.25, 0.3) is 0 Å². The van der Waals surface area contributed by atoms with Gasteiger partial charge >= 0.3 is 0 Å². The summed E-state index contributed by atoms with van der Waals surface area (Å²) in [5.41, 5.74) is 2.43. The molecule has 35 heavy (non-hydrogen) atoms. The van der Waals surface area contributed by atoms with Crippen LogP contribution in [0.15, 0.2) is 91.0 Å². The lowest BCUT2D eigenvalue weighted by Crippen LogP contribution is -2.46. The standard InChI is InChI=1S/C31H38N2O2/c1-32(25-28-14-7-3-8-15-28)30(34)24-31(26-35-29-17-9-4-10-18-29)19-22-33(23-20-31)21-11-16-27-12-5-2-6-13-27/h2-10,12-15,17-18H,11,16,19-26H2,1H3. The number of nitrogens with zero attached hydrogens (tertiary/aromatic N) is 2. The average Bonchev–Trinajstić information content (AvgIpc) is 2.90. The summed E-state index contributed by atoms with van der Waals surface area (Å²) in [5.74, 6) is 1.07. The van der Waals surface area contributed by atoms with Crippen LogP contribution in [0.3, 0.4) is 0 Å². The van der Waals surface area contributed by atoms with Crippen molar-refractivity contribution in [2.45, 2.75) is 38.6 Å². The van der Waals surface area contributed by atoms with E-state index in [0.29, 0.717) is 19.6 Å². The van der Waals surface area contributed by atoms with Crippen LogP contribution in [0.5, 0.6) is 5.75 Å². The highest BCUT2D eigenvalue weighted by Crippen LogP contribution is 2.36. The Hall–Kier alpha value is -3.11. The number of likely N-dealkylation sites (tertiary alicyclic amines) is 1. The third-order valence-corrected chi connectivity index (χ3v) is 7.20. The zero-order chi connectivity index (χ0) is 24.3. The van der Waals surface area contributed by atoms with Crippen molar-refractivity contribution in [2.75, 3.05) is 33.3 Å². The first kappa shape index (κ1) is 25.0. The first-order chi connectivity index (χ1) is 17.1. The zero-order valence-electron chi connectivity index (χ0n) is 20.9. The van der Waals surface area contributed by atoms with Crippen LogP contribution < -0.4 is 4.74 Å². The predicted molar refractivity (Wildman–Crippen MR) is 142 cm³/mol. The Labute approximate surface area is 210 Å². The Bertz CT molecular complexity index is 1020. The van der Waals surface area contributed by atoms with Gasteiger partial charge in [0.15, 0.2) is 0 Å². The Morgan fingerprint density at radius 2 is 1.43 bits per heavy atom. The number of para-hydroxylation sites is 1. The van der Waals surface area contributed by atoms with Gasteiger partial charge in [-0.25, -0.2) is 0 Å². The fraction of sp³-hybridized carbons (Fsp3) is 0.387. The van der Waals surface area contributed by atoms with Gasteiger partial charge in [0.1, 0.15) is 5.75 Å². The molecular weight excluding hydrogens is 432 g/mol. The second-order valence-corrected chi connectivity index (χ2v) is 9.94. The lowest BCUT2D eigenvalue weighted by molar-refractivity contribution is -0.134. The minimum absolute atomic E-state index is 0.131. The maximum Gasteiger partial charge on any atom is 0.223 e. The largest absolute Gasteiger partial charge is 0.493 e. The van der Waals surface area contributed by atoms with E-state index in [1.807, 2.05) is 60.5 Å². The highest BCUT2D eigenvalue weighted by atomic mass is 16.5. The molecule has 0 atom stereocenters. The summed E-state index contributed by atoms with van der Waals surface area (Å²) in [7, 11) is 1.92. The fourth-order valence-electron chi connectivity index (χ4n) is 4.93. The van der Waals surface area contributed by atoms with Crippen molar-refractivity contribution in [3.63, 3.8) is 0 Å². The quantitative estimate of drug-likeness (QED) is 0.354. The molecule has 0 aliphatic carbocycles. The number of ether oxygens (including phenoxy) is 1. The van der Waals surface area contributed by atoms with E-state index in [-0.39, 0.29) is 11.3 Å². The van der Waals surface area contributed by atoms with E-state index in [1.54, 1.807) is 0 Å². The Morgan fingerprint density at radius 1 is 0.857 bits per heavy atom. The molecule has 0 N–H and O–H groups in total. The summed E-state index contributed by atoms with van der Waals surface area (Å²) in [6, 6.07) is 30.9. The number of amides is 1. The molecule has 4 heteroatoms. The number of rotatable bonds is 11.